The second-order valence-electron chi connectivity index (χ2n) is 5.48. The average molecular weight is 346 g/mol. The Kier molecular flexibility index (Phi) is 5.25. The van der Waals surface area contributed by atoms with Crippen molar-refractivity contribution in [1.82, 2.24) is 0 Å². The molecule has 0 N–H and O–H groups in total. The third-order valence-electron chi connectivity index (χ3n) is 3.94. The van der Waals surface area contributed by atoms with Crippen molar-refractivity contribution in [3.63, 3.8) is 0 Å². The third kappa shape index (κ3) is 3.82. The smallest absolute Gasteiger partial charge is 0.341 e. The maximum Gasteiger partial charge on any atom is 0.341 e. The van der Waals surface area contributed by atoms with Crippen LogP contribution in [-0.4, -0.2) is 24.8 Å². The molecule has 2 aromatic rings. The number of fused-ring (bicyclic) bond motifs is 1. The summed E-state index contributed by atoms with van der Waals surface area (Å²) in [5.74, 6) is -0.361. The Balaban J connectivity index is 1.50. The number of thioether (sulfide) groups is 1. The molecule has 1 aliphatic rings. The number of aryl methyl sites for hydroxylation is 2. The number of hydrogen-bond donors (Lipinski definition) is 0. The van der Waals surface area contributed by atoms with E-state index in [9.17, 15) is 9.59 Å². The molecule has 0 amide bonds. The zero-order valence-corrected chi connectivity index (χ0v) is 14.2. The first kappa shape index (κ1) is 16.6. The van der Waals surface area contributed by atoms with Crippen LogP contribution >= 0.6 is 11.8 Å². The highest BCUT2D eigenvalue weighted by atomic mass is 32.2. The summed E-state index contributed by atoms with van der Waals surface area (Å²) >= 11 is 1.45. The van der Waals surface area contributed by atoms with Crippen molar-refractivity contribution in [2.45, 2.75) is 30.8 Å². The van der Waals surface area contributed by atoms with Gasteiger partial charge < -0.3 is 13.9 Å². The molecule has 0 spiro atoms. The van der Waals surface area contributed by atoms with Crippen LogP contribution in [0, 0.1) is 0 Å². The highest BCUT2D eigenvalue weighted by molar-refractivity contribution is 8.00. The number of furan rings is 1. The van der Waals surface area contributed by atoms with Crippen molar-refractivity contribution in [1.29, 1.82) is 0 Å². The van der Waals surface area contributed by atoms with Crippen LogP contribution < -0.4 is 0 Å². The van der Waals surface area contributed by atoms with E-state index in [1.807, 2.05) is 6.07 Å². The van der Waals surface area contributed by atoms with Crippen molar-refractivity contribution in [2.24, 2.45) is 0 Å². The topological polar surface area (TPSA) is 65.7 Å². The van der Waals surface area contributed by atoms with Crippen molar-refractivity contribution in [3.8, 4) is 0 Å². The van der Waals surface area contributed by atoms with Gasteiger partial charge in [0.2, 0.25) is 0 Å². The number of benzene rings is 1. The molecule has 0 atom stereocenters. The summed E-state index contributed by atoms with van der Waals surface area (Å²) in [6.45, 7) is -0.0823. The molecule has 24 heavy (non-hydrogen) atoms. The minimum atomic E-state index is -0.512. The van der Waals surface area contributed by atoms with Crippen LogP contribution in [-0.2, 0) is 33.7 Å². The Morgan fingerprint density at radius 1 is 1.21 bits per heavy atom. The zero-order chi connectivity index (χ0) is 16.9. The molecule has 0 saturated heterocycles. The average Bonchev–Trinajstić information content (AvgIpc) is 3.25. The summed E-state index contributed by atoms with van der Waals surface area (Å²) in [7, 11) is 1.29. The van der Waals surface area contributed by atoms with Crippen LogP contribution in [0.4, 0.5) is 0 Å². The number of methoxy groups -OCH3 is 1. The molecule has 1 aliphatic carbocycles. The minimum absolute atomic E-state index is 0.0823. The van der Waals surface area contributed by atoms with E-state index in [0.717, 1.165) is 17.7 Å². The number of carbonyl (C=O) groups is 2. The summed E-state index contributed by atoms with van der Waals surface area (Å²) in [6.07, 6.45) is 4.84. The third-order valence-corrected chi connectivity index (χ3v) is 4.91. The van der Waals surface area contributed by atoms with E-state index in [1.54, 1.807) is 0 Å². The lowest BCUT2D eigenvalue weighted by molar-refractivity contribution is -0.142. The molecule has 0 saturated carbocycles. The van der Waals surface area contributed by atoms with Gasteiger partial charge in [0.05, 0.1) is 19.1 Å². The molecule has 0 bridgehead atoms. The van der Waals surface area contributed by atoms with Crippen molar-refractivity contribution in [2.75, 3.05) is 12.9 Å². The molecular weight excluding hydrogens is 328 g/mol. The van der Waals surface area contributed by atoms with E-state index in [1.165, 1.54) is 48.7 Å². The van der Waals surface area contributed by atoms with Crippen LogP contribution in [0.2, 0.25) is 0 Å². The summed E-state index contributed by atoms with van der Waals surface area (Å²) in [6, 6.07) is 7.84. The van der Waals surface area contributed by atoms with Crippen molar-refractivity contribution >= 4 is 23.7 Å². The number of carbonyl (C=O) groups excluding carboxylic acids is 2. The van der Waals surface area contributed by atoms with Gasteiger partial charge in [0.15, 0.2) is 5.76 Å². The van der Waals surface area contributed by atoms with E-state index in [-0.39, 0.29) is 29.7 Å². The van der Waals surface area contributed by atoms with E-state index in [4.69, 9.17) is 9.15 Å². The van der Waals surface area contributed by atoms with Gasteiger partial charge in [0.1, 0.15) is 12.2 Å². The van der Waals surface area contributed by atoms with Gasteiger partial charge in [-0.05, 0) is 48.6 Å². The molecule has 1 heterocycles. The molecule has 126 valence electrons. The van der Waals surface area contributed by atoms with Crippen LogP contribution in [0.15, 0.2) is 39.8 Å². The molecule has 6 heteroatoms. The molecular formula is C18H18O5S. The summed E-state index contributed by atoms with van der Waals surface area (Å²) in [5.41, 5.74) is 3.07. The normalized spacial score (nSPS) is 12.7. The number of hydrogen-bond acceptors (Lipinski definition) is 6. The predicted molar refractivity (Wildman–Crippen MR) is 89.0 cm³/mol. The number of rotatable bonds is 6. The highest BCUT2D eigenvalue weighted by Gasteiger charge is 2.17. The van der Waals surface area contributed by atoms with Gasteiger partial charge in [0.25, 0.3) is 0 Å². The Morgan fingerprint density at radius 3 is 2.88 bits per heavy atom. The van der Waals surface area contributed by atoms with Crippen molar-refractivity contribution < 1.29 is 23.5 Å². The number of ether oxygens (including phenoxy) is 2. The number of esters is 2. The fraction of sp³-hybridized carbons (Fsp3) is 0.333. The largest absolute Gasteiger partial charge is 0.465 e. The summed E-state index contributed by atoms with van der Waals surface area (Å²) < 4.78 is 15.0. The van der Waals surface area contributed by atoms with Gasteiger partial charge in [-0.3, -0.25) is 4.79 Å². The quantitative estimate of drug-likeness (QED) is 0.590. The van der Waals surface area contributed by atoms with E-state index >= 15 is 0 Å². The van der Waals surface area contributed by atoms with Crippen LogP contribution in [0.5, 0.6) is 0 Å². The fourth-order valence-electron chi connectivity index (χ4n) is 2.71. The Morgan fingerprint density at radius 2 is 2.04 bits per heavy atom. The first-order valence-electron chi connectivity index (χ1n) is 7.72. The van der Waals surface area contributed by atoms with Crippen LogP contribution in [0.1, 0.15) is 33.7 Å². The predicted octanol–water partition coefficient (Wildman–Crippen LogP) is 3.39. The maximum absolute atomic E-state index is 11.9. The summed E-state index contributed by atoms with van der Waals surface area (Å²) in [5, 5.41) is 0. The van der Waals surface area contributed by atoms with Crippen LogP contribution in [0.3, 0.4) is 0 Å². The molecule has 5 nitrogen and oxygen atoms in total. The van der Waals surface area contributed by atoms with Gasteiger partial charge >= 0.3 is 11.9 Å². The molecule has 3 rings (SSSR count). The minimum Gasteiger partial charge on any atom is -0.465 e. The van der Waals surface area contributed by atoms with Gasteiger partial charge in [0, 0.05) is 4.90 Å². The molecule has 0 aliphatic heterocycles. The van der Waals surface area contributed by atoms with E-state index < -0.39 is 5.97 Å². The Labute approximate surface area is 144 Å². The maximum atomic E-state index is 11.9. The summed E-state index contributed by atoms with van der Waals surface area (Å²) in [4.78, 5) is 24.5. The fourth-order valence-corrected chi connectivity index (χ4v) is 3.47. The van der Waals surface area contributed by atoms with Gasteiger partial charge in [-0.25, -0.2) is 4.79 Å². The lowest BCUT2D eigenvalue weighted by Gasteiger charge is -2.06. The monoisotopic (exact) mass is 346 g/mol. The molecule has 1 aromatic heterocycles. The highest BCUT2D eigenvalue weighted by Crippen LogP contribution is 2.27. The Hall–Kier alpha value is -2.21. The van der Waals surface area contributed by atoms with Gasteiger partial charge in [-0.2, -0.15) is 0 Å². The SMILES string of the molecule is COC(=O)c1ccoc1COC(=O)CSc1ccc2c(c1)CCC2. The Bertz CT molecular complexity index is 750. The molecule has 1 aromatic carbocycles. The van der Waals surface area contributed by atoms with Crippen LogP contribution in [0.25, 0.3) is 0 Å². The lowest BCUT2D eigenvalue weighted by atomic mass is 10.1. The van der Waals surface area contributed by atoms with E-state index in [0.29, 0.717) is 0 Å². The molecule has 0 fully saturated rings. The van der Waals surface area contributed by atoms with Gasteiger partial charge in [-0.1, -0.05) is 6.07 Å². The molecule has 0 unspecified atom stereocenters. The van der Waals surface area contributed by atoms with Crippen molar-refractivity contribution in [3.05, 3.63) is 53.0 Å². The van der Waals surface area contributed by atoms with Gasteiger partial charge in [-0.15, -0.1) is 11.8 Å². The standard InChI is InChI=1S/C18H18O5S/c1-21-18(20)15-7-8-22-16(15)10-23-17(19)11-24-14-6-5-12-3-2-4-13(12)9-14/h5-9H,2-4,10-11H2,1H3. The second-order valence-corrected chi connectivity index (χ2v) is 6.53. The van der Waals surface area contributed by atoms with E-state index in [2.05, 4.69) is 16.9 Å². The zero-order valence-electron chi connectivity index (χ0n) is 13.4. The second kappa shape index (κ2) is 7.57. The lowest BCUT2D eigenvalue weighted by Crippen LogP contribution is -2.09. The molecule has 0 radical (unpaired) electrons. The first-order chi connectivity index (χ1) is 11.7. The first-order valence-corrected chi connectivity index (χ1v) is 8.71.